The molecule has 0 aromatic rings. The molecule has 17 heavy (non-hydrogen) atoms. The Kier molecular flexibility index (Phi) is 2.30. The molecule has 0 aliphatic heterocycles. The van der Waals surface area contributed by atoms with E-state index in [1.54, 1.807) is 0 Å². The van der Waals surface area contributed by atoms with E-state index >= 15 is 0 Å². The summed E-state index contributed by atoms with van der Waals surface area (Å²) in [5, 5.41) is 21.0. The highest BCUT2D eigenvalue weighted by Gasteiger charge is 2.68. The molecule has 3 aliphatic carbocycles. The summed E-state index contributed by atoms with van der Waals surface area (Å²) in [6.45, 7) is 8.89. The molecule has 0 aromatic carbocycles. The molecule has 0 heterocycles. The van der Waals surface area contributed by atoms with Gasteiger partial charge in [0.05, 0.1) is 11.7 Å². The van der Waals surface area contributed by atoms with Gasteiger partial charge in [0.25, 0.3) is 0 Å². The van der Waals surface area contributed by atoms with Crippen LogP contribution in [0.4, 0.5) is 0 Å². The van der Waals surface area contributed by atoms with Crippen molar-refractivity contribution in [3.8, 4) is 0 Å². The van der Waals surface area contributed by atoms with Crippen molar-refractivity contribution in [1.29, 1.82) is 0 Å². The van der Waals surface area contributed by atoms with Crippen LogP contribution in [0.3, 0.4) is 0 Å². The Balaban J connectivity index is 1.98. The highest BCUT2D eigenvalue weighted by atomic mass is 16.3. The van der Waals surface area contributed by atoms with Gasteiger partial charge in [0, 0.05) is 0 Å². The predicted molar refractivity (Wildman–Crippen MR) is 67.4 cm³/mol. The molecule has 0 aromatic heterocycles. The smallest absolute Gasteiger partial charge is 0.0908 e. The second-order valence-electron chi connectivity index (χ2n) is 7.67. The van der Waals surface area contributed by atoms with Gasteiger partial charge in [-0.05, 0) is 54.8 Å². The Bertz CT molecular complexity index is 334. The number of hydrogen-bond donors (Lipinski definition) is 2. The molecule has 3 fully saturated rings. The molecule has 0 spiro atoms. The SMILES string of the molecule is C[C@@H]1CC[C@H]2[C@@H]1[C@@H]1[C@@H](C[C@H](O)[C@]2(C)O)C1(C)C. The summed E-state index contributed by atoms with van der Waals surface area (Å²) in [6, 6.07) is 0. The van der Waals surface area contributed by atoms with Crippen LogP contribution < -0.4 is 0 Å². The molecule has 3 rings (SSSR count). The summed E-state index contributed by atoms with van der Waals surface area (Å²) in [5.41, 5.74) is -0.474. The fourth-order valence-corrected chi connectivity index (χ4v) is 5.24. The number of aliphatic hydroxyl groups is 2. The zero-order valence-electron chi connectivity index (χ0n) is 11.5. The van der Waals surface area contributed by atoms with Crippen LogP contribution in [0.25, 0.3) is 0 Å². The Morgan fingerprint density at radius 2 is 1.71 bits per heavy atom. The first kappa shape index (κ1) is 12.0. The zero-order valence-corrected chi connectivity index (χ0v) is 11.5. The highest BCUT2D eigenvalue weighted by Crippen LogP contribution is 2.71. The summed E-state index contributed by atoms with van der Waals surface area (Å²) in [6.07, 6.45) is 2.58. The number of hydrogen-bond acceptors (Lipinski definition) is 2. The van der Waals surface area contributed by atoms with Crippen molar-refractivity contribution in [2.24, 2.45) is 35.0 Å². The van der Waals surface area contributed by atoms with Crippen LogP contribution in [-0.4, -0.2) is 21.9 Å². The van der Waals surface area contributed by atoms with Crippen LogP contribution in [0.5, 0.6) is 0 Å². The molecule has 0 amide bonds. The largest absolute Gasteiger partial charge is 0.390 e. The zero-order chi connectivity index (χ0) is 12.6. The minimum absolute atomic E-state index is 0.310. The summed E-state index contributed by atoms with van der Waals surface area (Å²) >= 11 is 0. The van der Waals surface area contributed by atoms with Gasteiger partial charge in [-0.3, -0.25) is 0 Å². The first-order chi connectivity index (χ1) is 7.78. The molecule has 0 unspecified atom stereocenters. The molecule has 7 atom stereocenters. The van der Waals surface area contributed by atoms with Crippen LogP contribution in [-0.2, 0) is 0 Å². The van der Waals surface area contributed by atoms with Crippen LogP contribution in [0.15, 0.2) is 0 Å². The topological polar surface area (TPSA) is 40.5 Å². The van der Waals surface area contributed by atoms with E-state index < -0.39 is 11.7 Å². The van der Waals surface area contributed by atoms with Crippen molar-refractivity contribution >= 4 is 0 Å². The molecule has 2 nitrogen and oxygen atoms in total. The number of rotatable bonds is 0. The van der Waals surface area contributed by atoms with E-state index in [9.17, 15) is 10.2 Å². The van der Waals surface area contributed by atoms with E-state index in [-0.39, 0.29) is 0 Å². The van der Waals surface area contributed by atoms with E-state index in [2.05, 4.69) is 20.8 Å². The predicted octanol–water partition coefficient (Wildman–Crippen LogP) is 2.44. The van der Waals surface area contributed by atoms with Crippen LogP contribution in [0, 0.1) is 35.0 Å². The van der Waals surface area contributed by atoms with E-state index in [1.165, 1.54) is 6.42 Å². The normalized spacial score (nSPS) is 60.4. The van der Waals surface area contributed by atoms with Gasteiger partial charge in [0.2, 0.25) is 0 Å². The van der Waals surface area contributed by atoms with Crippen molar-refractivity contribution in [3.63, 3.8) is 0 Å². The lowest BCUT2D eigenvalue weighted by atomic mass is 9.73. The summed E-state index contributed by atoms with van der Waals surface area (Å²) in [4.78, 5) is 0. The van der Waals surface area contributed by atoms with Crippen LogP contribution in [0.1, 0.15) is 47.0 Å². The maximum absolute atomic E-state index is 10.7. The first-order valence-corrected chi connectivity index (χ1v) is 7.18. The average molecular weight is 238 g/mol. The molecular weight excluding hydrogens is 212 g/mol. The summed E-state index contributed by atoms with van der Waals surface area (Å²) in [5.74, 6) is 3.01. The Morgan fingerprint density at radius 1 is 1.06 bits per heavy atom. The minimum atomic E-state index is -0.862. The van der Waals surface area contributed by atoms with Gasteiger partial charge in [-0.25, -0.2) is 0 Å². The van der Waals surface area contributed by atoms with Gasteiger partial charge in [0.15, 0.2) is 0 Å². The second-order valence-corrected chi connectivity index (χ2v) is 7.67. The summed E-state index contributed by atoms with van der Waals surface area (Å²) in [7, 11) is 0. The maximum Gasteiger partial charge on any atom is 0.0908 e. The molecule has 0 radical (unpaired) electrons. The van der Waals surface area contributed by atoms with Gasteiger partial charge < -0.3 is 10.2 Å². The quantitative estimate of drug-likeness (QED) is 0.680. The van der Waals surface area contributed by atoms with E-state index in [1.807, 2.05) is 6.92 Å². The first-order valence-electron chi connectivity index (χ1n) is 7.18. The van der Waals surface area contributed by atoms with Crippen LogP contribution >= 0.6 is 0 Å². The lowest BCUT2D eigenvalue weighted by Gasteiger charge is -2.38. The molecule has 3 saturated carbocycles. The molecule has 3 aliphatic rings. The van der Waals surface area contributed by atoms with Crippen molar-refractivity contribution in [1.82, 2.24) is 0 Å². The lowest BCUT2D eigenvalue weighted by molar-refractivity contribution is -0.113. The fraction of sp³-hybridized carbons (Fsp3) is 1.00. The third-order valence-electron chi connectivity index (χ3n) is 6.51. The molecule has 2 N–H and O–H groups in total. The van der Waals surface area contributed by atoms with E-state index in [0.717, 1.165) is 18.8 Å². The summed E-state index contributed by atoms with van der Waals surface area (Å²) < 4.78 is 0. The van der Waals surface area contributed by atoms with Crippen LogP contribution in [0.2, 0.25) is 0 Å². The van der Waals surface area contributed by atoms with Crippen molar-refractivity contribution in [3.05, 3.63) is 0 Å². The van der Waals surface area contributed by atoms with E-state index in [0.29, 0.717) is 29.1 Å². The minimum Gasteiger partial charge on any atom is -0.390 e. The molecular formula is C15H26O2. The molecule has 2 heteroatoms. The fourth-order valence-electron chi connectivity index (χ4n) is 5.24. The lowest BCUT2D eigenvalue weighted by Crippen LogP contribution is -2.47. The van der Waals surface area contributed by atoms with Crippen molar-refractivity contribution < 1.29 is 10.2 Å². The Morgan fingerprint density at radius 3 is 2.35 bits per heavy atom. The second kappa shape index (κ2) is 3.27. The van der Waals surface area contributed by atoms with Crippen molar-refractivity contribution in [2.75, 3.05) is 0 Å². The Labute approximate surface area is 104 Å². The molecule has 98 valence electrons. The molecule has 0 bridgehead atoms. The Hall–Kier alpha value is -0.0800. The third-order valence-corrected chi connectivity index (χ3v) is 6.51. The standard InChI is InChI=1S/C15H26O2/c1-8-5-6-9-12(8)13-10(14(13,2)3)7-11(16)15(9,4)17/h8-13,16-17H,5-7H2,1-4H3/t8-,9+,10-,11+,12-,13+,15-/m1/s1. The molecule has 0 saturated heterocycles. The van der Waals surface area contributed by atoms with Gasteiger partial charge in [0.1, 0.15) is 0 Å². The van der Waals surface area contributed by atoms with Gasteiger partial charge in [-0.2, -0.15) is 0 Å². The van der Waals surface area contributed by atoms with E-state index in [4.69, 9.17) is 0 Å². The highest BCUT2D eigenvalue weighted by molar-refractivity contribution is 5.16. The third kappa shape index (κ3) is 1.40. The maximum atomic E-state index is 10.7. The van der Waals surface area contributed by atoms with Crippen molar-refractivity contribution in [2.45, 2.75) is 58.7 Å². The van der Waals surface area contributed by atoms with Gasteiger partial charge in [-0.15, -0.1) is 0 Å². The van der Waals surface area contributed by atoms with Gasteiger partial charge >= 0.3 is 0 Å². The van der Waals surface area contributed by atoms with Gasteiger partial charge in [-0.1, -0.05) is 27.2 Å². The monoisotopic (exact) mass is 238 g/mol. The number of fused-ring (bicyclic) bond motifs is 3. The number of aliphatic hydroxyl groups excluding tert-OH is 1. The average Bonchev–Trinajstić information content (AvgIpc) is 2.58.